The van der Waals surface area contributed by atoms with Gasteiger partial charge in [-0.15, -0.1) is 0 Å². The van der Waals surface area contributed by atoms with Crippen molar-refractivity contribution in [3.8, 4) is 0 Å². The van der Waals surface area contributed by atoms with Crippen LogP contribution in [0.2, 0.25) is 0 Å². The van der Waals surface area contributed by atoms with Crippen LogP contribution in [0.25, 0.3) is 0 Å². The monoisotopic (exact) mass is 295 g/mol. The zero-order valence-electron chi connectivity index (χ0n) is 12.5. The molecule has 4 nitrogen and oxygen atoms in total. The summed E-state index contributed by atoms with van der Waals surface area (Å²) in [6, 6.07) is 6.25. The number of hydrogen-bond acceptors (Lipinski definition) is 3. The predicted molar refractivity (Wildman–Crippen MR) is 77.4 cm³/mol. The van der Waals surface area contributed by atoms with Crippen LogP contribution >= 0.6 is 0 Å². The molecule has 116 valence electrons. The number of halogens is 1. The van der Waals surface area contributed by atoms with Crippen molar-refractivity contribution in [1.29, 1.82) is 0 Å². The third kappa shape index (κ3) is 4.25. The lowest BCUT2D eigenvalue weighted by atomic mass is 9.97. The summed E-state index contributed by atoms with van der Waals surface area (Å²) in [7, 11) is 0. The smallest absolute Gasteiger partial charge is 0.223 e. The van der Waals surface area contributed by atoms with Gasteiger partial charge in [-0.2, -0.15) is 0 Å². The number of aliphatic hydroxyl groups is 1. The molecule has 1 aromatic carbocycles. The van der Waals surface area contributed by atoms with E-state index in [1.165, 1.54) is 12.1 Å². The molecule has 1 fully saturated rings. The number of nitrogens with zero attached hydrogens (tertiary/aromatic N) is 1. The van der Waals surface area contributed by atoms with Gasteiger partial charge in [0.2, 0.25) is 5.91 Å². The third-order valence-electron chi connectivity index (χ3n) is 3.90. The van der Waals surface area contributed by atoms with Gasteiger partial charge in [0, 0.05) is 19.5 Å². The molecule has 0 unspecified atom stereocenters. The molecule has 2 rings (SSSR count). The van der Waals surface area contributed by atoms with Crippen molar-refractivity contribution >= 4 is 5.91 Å². The SMILES string of the molecule is C[C@H](CC(=O)N1CCO[C@H]([C@H](C)O)C1)c1ccc(F)cc1. The zero-order chi connectivity index (χ0) is 15.4. The van der Waals surface area contributed by atoms with E-state index in [0.29, 0.717) is 26.1 Å². The van der Waals surface area contributed by atoms with Crippen molar-refractivity contribution in [2.24, 2.45) is 0 Å². The molecule has 5 heteroatoms. The van der Waals surface area contributed by atoms with Crippen molar-refractivity contribution < 1.29 is 19.0 Å². The number of ether oxygens (including phenoxy) is 1. The lowest BCUT2D eigenvalue weighted by Gasteiger charge is -2.34. The zero-order valence-corrected chi connectivity index (χ0v) is 12.5. The molecule has 1 aliphatic rings. The highest BCUT2D eigenvalue weighted by atomic mass is 19.1. The molecule has 1 heterocycles. The van der Waals surface area contributed by atoms with Crippen LogP contribution < -0.4 is 0 Å². The molecule has 0 radical (unpaired) electrons. The van der Waals surface area contributed by atoms with E-state index in [1.54, 1.807) is 24.0 Å². The van der Waals surface area contributed by atoms with Gasteiger partial charge in [-0.25, -0.2) is 4.39 Å². The Morgan fingerprint density at radius 2 is 2.10 bits per heavy atom. The lowest BCUT2D eigenvalue weighted by molar-refractivity contribution is -0.143. The van der Waals surface area contributed by atoms with E-state index < -0.39 is 6.10 Å². The fourth-order valence-corrected chi connectivity index (χ4v) is 2.49. The number of carbonyl (C=O) groups excluding carboxylic acids is 1. The number of carbonyl (C=O) groups is 1. The van der Waals surface area contributed by atoms with Gasteiger partial charge in [0.25, 0.3) is 0 Å². The highest BCUT2D eigenvalue weighted by Crippen LogP contribution is 2.21. The van der Waals surface area contributed by atoms with E-state index in [-0.39, 0.29) is 23.7 Å². The number of benzene rings is 1. The van der Waals surface area contributed by atoms with Crippen molar-refractivity contribution in [1.82, 2.24) is 4.90 Å². The Hall–Kier alpha value is -1.46. The van der Waals surface area contributed by atoms with Crippen LogP contribution in [0.5, 0.6) is 0 Å². The summed E-state index contributed by atoms with van der Waals surface area (Å²) in [4.78, 5) is 14.1. The van der Waals surface area contributed by atoms with Crippen molar-refractivity contribution in [3.63, 3.8) is 0 Å². The molecule has 1 aliphatic heterocycles. The maximum absolute atomic E-state index is 12.9. The summed E-state index contributed by atoms with van der Waals surface area (Å²) in [5.74, 6) is -0.197. The van der Waals surface area contributed by atoms with Gasteiger partial charge in [0.05, 0.1) is 12.7 Å². The first-order valence-electron chi connectivity index (χ1n) is 7.30. The Labute approximate surface area is 124 Å². The van der Waals surface area contributed by atoms with Crippen LogP contribution in [0.1, 0.15) is 31.7 Å². The molecular weight excluding hydrogens is 273 g/mol. The fraction of sp³-hybridized carbons (Fsp3) is 0.562. The van der Waals surface area contributed by atoms with Crippen LogP contribution in [0.4, 0.5) is 4.39 Å². The highest BCUT2D eigenvalue weighted by molar-refractivity contribution is 5.77. The largest absolute Gasteiger partial charge is 0.391 e. The molecule has 0 aliphatic carbocycles. The fourth-order valence-electron chi connectivity index (χ4n) is 2.49. The number of morpholine rings is 1. The first-order chi connectivity index (χ1) is 9.97. The second kappa shape index (κ2) is 7.00. The summed E-state index contributed by atoms with van der Waals surface area (Å²) < 4.78 is 18.3. The van der Waals surface area contributed by atoms with Crippen LogP contribution in [-0.4, -0.2) is 47.8 Å². The van der Waals surface area contributed by atoms with Gasteiger partial charge in [0.15, 0.2) is 0 Å². The highest BCUT2D eigenvalue weighted by Gasteiger charge is 2.27. The maximum Gasteiger partial charge on any atom is 0.223 e. The van der Waals surface area contributed by atoms with Crippen molar-refractivity contribution in [2.75, 3.05) is 19.7 Å². The minimum absolute atomic E-state index is 0.0333. The molecule has 0 aromatic heterocycles. The summed E-state index contributed by atoms with van der Waals surface area (Å²) >= 11 is 0. The number of hydrogen-bond donors (Lipinski definition) is 1. The van der Waals surface area contributed by atoms with E-state index in [4.69, 9.17) is 4.74 Å². The molecule has 1 saturated heterocycles. The van der Waals surface area contributed by atoms with E-state index in [1.807, 2.05) is 6.92 Å². The molecular formula is C16H22FNO3. The summed E-state index contributed by atoms with van der Waals surface area (Å²) in [6.07, 6.45) is -0.531. The van der Waals surface area contributed by atoms with Crippen LogP contribution in [-0.2, 0) is 9.53 Å². The molecule has 0 bridgehead atoms. The second-order valence-electron chi connectivity index (χ2n) is 5.65. The van der Waals surface area contributed by atoms with E-state index in [2.05, 4.69) is 0 Å². The van der Waals surface area contributed by atoms with E-state index in [0.717, 1.165) is 5.56 Å². The molecule has 1 N–H and O–H groups in total. The summed E-state index contributed by atoms with van der Waals surface area (Å²) in [5, 5.41) is 9.56. The Morgan fingerprint density at radius 3 is 2.71 bits per heavy atom. The first-order valence-corrected chi connectivity index (χ1v) is 7.30. The average molecular weight is 295 g/mol. The lowest BCUT2D eigenvalue weighted by Crippen LogP contribution is -2.49. The summed E-state index contributed by atoms with van der Waals surface area (Å²) in [6.45, 7) is 5.05. The normalized spacial score (nSPS) is 21.9. The van der Waals surface area contributed by atoms with Gasteiger partial charge in [-0.3, -0.25) is 4.79 Å². The standard InChI is InChI=1S/C16H22FNO3/c1-11(13-3-5-14(17)6-4-13)9-16(20)18-7-8-21-15(10-18)12(2)19/h3-6,11-12,15,19H,7-10H2,1-2H3/t11-,12+,15+/m1/s1. The van der Waals surface area contributed by atoms with Gasteiger partial charge < -0.3 is 14.7 Å². The van der Waals surface area contributed by atoms with Crippen LogP contribution in [0.3, 0.4) is 0 Å². The van der Waals surface area contributed by atoms with Gasteiger partial charge >= 0.3 is 0 Å². The first kappa shape index (κ1) is 15.9. The quantitative estimate of drug-likeness (QED) is 0.923. The number of rotatable bonds is 4. The predicted octanol–water partition coefficient (Wildman–Crippen LogP) is 1.93. The van der Waals surface area contributed by atoms with Gasteiger partial charge in [-0.05, 0) is 30.5 Å². The molecule has 1 aromatic rings. The Kier molecular flexibility index (Phi) is 5.31. The molecule has 0 spiro atoms. The van der Waals surface area contributed by atoms with E-state index >= 15 is 0 Å². The summed E-state index contributed by atoms with van der Waals surface area (Å²) in [5.41, 5.74) is 0.949. The van der Waals surface area contributed by atoms with Crippen LogP contribution in [0, 0.1) is 5.82 Å². The molecule has 1 amide bonds. The second-order valence-corrected chi connectivity index (χ2v) is 5.65. The number of aliphatic hydroxyl groups excluding tert-OH is 1. The topological polar surface area (TPSA) is 49.8 Å². The Morgan fingerprint density at radius 1 is 1.43 bits per heavy atom. The minimum Gasteiger partial charge on any atom is -0.391 e. The minimum atomic E-state index is -0.588. The molecule has 0 saturated carbocycles. The Balaban J connectivity index is 1.92. The number of amides is 1. The van der Waals surface area contributed by atoms with Gasteiger partial charge in [0.1, 0.15) is 11.9 Å². The van der Waals surface area contributed by atoms with Crippen molar-refractivity contribution in [3.05, 3.63) is 35.6 Å². The van der Waals surface area contributed by atoms with Crippen LogP contribution in [0.15, 0.2) is 24.3 Å². The molecule has 3 atom stereocenters. The maximum atomic E-state index is 12.9. The third-order valence-corrected chi connectivity index (χ3v) is 3.90. The molecule has 21 heavy (non-hydrogen) atoms. The average Bonchev–Trinajstić information content (AvgIpc) is 2.48. The van der Waals surface area contributed by atoms with Crippen molar-refractivity contribution in [2.45, 2.75) is 38.4 Å². The van der Waals surface area contributed by atoms with Gasteiger partial charge in [-0.1, -0.05) is 19.1 Å². The van der Waals surface area contributed by atoms with E-state index in [9.17, 15) is 14.3 Å². The Bertz CT molecular complexity index is 475.